The van der Waals surface area contributed by atoms with Crippen molar-refractivity contribution in [1.29, 1.82) is 0 Å². The van der Waals surface area contributed by atoms with Crippen molar-refractivity contribution in [1.82, 2.24) is 10.6 Å². The number of aryl methyl sites for hydroxylation is 2. The summed E-state index contributed by atoms with van der Waals surface area (Å²) in [6.07, 6.45) is 19.0. The van der Waals surface area contributed by atoms with Crippen LogP contribution in [-0.2, 0) is 52.6 Å². The summed E-state index contributed by atoms with van der Waals surface area (Å²) >= 11 is 0. The molecule has 0 heterocycles. The van der Waals surface area contributed by atoms with E-state index in [0.717, 1.165) is 161 Å². The Morgan fingerprint density at radius 3 is 1.53 bits per heavy atom. The van der Waals surface area contributed by atoms with E-state index >= 15 is 0 Å². The lowest BCUT2D eigenvalue weighted by atomic mass is 9.93. The van der Waals surface area contributed by atoms with E-state index in [2.05, 4.69) is 60.0 Å². The van der Waals surface area contributed by atoms with Gasteiger partial charge >= 0.3 is 0 Å². The van der Waals surface area contributed by atoms with Crippen molar-refractivity contribution in [2.45, 2.75) is 149 Å². The van der Waals surface area contributed by atoms with Gasteiger partial charge < -0.3 is 35.3 Å². The number of benzene rings is 2. The van der Waals surface area contributed by atoms with Crippen molar-refractivity contribution in [3.63, 3.8) is 0 Å². The summed E-state index contributed by atoms with van der Waals surface area (Å²) in [5.74, 6) is 0.120. The fourth-order valence-electron chi connectivity index (χ4n) is 6.64. The second kappa shape index (κ2) is 34.7. The SMILES string of the molecule is CCc1cc(CCCCCNC(=O)CCOCCCCCOCCCCCOCCCCCOCCCCCNC(C)=O)ccc1-c1ccc(C[C@H](N)C(C)=O)cc1. The Morgan fingerprint density at radius 1 is 0.569 bits per heavy atom. The van der Waals surface area contributed by atoms with E-state index in [0.29, 0.717) is 32.6 Å². The first-order valence-corrected chi connectivity index (χ1v) is 22.6. The number of amides is 2. The van der Waals surface area contributed by atoms with Crippen LogP contribution >= 0.6 is 0 Å². The summed E-state index contributed by atoms with van der Waals surface area (Å²) in [6.45, 7) is 12.8. The number of carbonyl (C=O) groups is 3. The summed E-state index contributed by atoms with van der Waals surface area (Å²) in [6, 6.07) is 14.8. The molecule has 0 saturated carbocycles. The average Bonchev–Trinajstić information content (AvgIpc) is 3.21. The highest BCUT2D eigenvalue weighted by atomic mass is 16.5. The van der Waals surface area contributed by atoms with Gasteiger partial charge in [0.25, 0.3) is 0 Å². The van der Waals surface area contributed by atoms with Gasteiger partial charge in [-0.05, 0) is 144 Å². The fraction of sp³-hybridized carbons (Fsp3) is 0.688. The van der Waals surface area contributed by atoms with Crippen LogP contribution in [0.2, 0.25) is 0 Å². The number of rotatable bonds is 38. The molecule has 10 nitrogen and oxygen atoms in total. The molecule has 10 heteroatoms. The molecule has 2 aromatic rings. The van der Waals surface area contributed by atoms with Crippen LogP contribution < -0.4 is 16.4 Å². The van der Waals surface area contributed by atoms with Gasteiger partial charge in [0.2, 0.25) is 11.8 Å². The Hall–Kier alpha value is -3.15. The molecule has 0 bridgehead atoms. The first kappa shape index (κ1) is 51.0. The molecule has 2 rings (SSSR count). The lowest BCUT2D eigenvalue weighted by molar-refractivity contribution is -0.122. The Morgan fingerprint density at radius 2 is 1.03 bits per heavy atom. The molecule has 0 fully saturated rings. The standard InChI is InChI=1S/C48H79N3O7/c1-4-44-38-42(23-26-46(44)45-24-21-43(22-25-45)39-47(49)40(2)52)20-10-5-11-29-51-48(54)27-37-58-36-19-9-18-35-57-34-17-8-16-33-56-32-15-7-14-31-55-30-13-6-12-28-50-41(3)53/h21-26,38,47H,4-20,27-37,39,49H2,1-3H3,(H,50,53)(H,51,54)/t47-/m0/s1. The van der Waals surface area contributed by atoms with Crippen molar-refractivity contribution in [3.05, 3.63) is 59.2 Å². The topological polar surface area (TPSA) is 138 Å². The van der Waals surface area contributed by atoms with Crippen molar-refractivity contribution < 1.29 is 33.3 Å². The average molecular weight is 810 g/mol. The van der Waals surface area contributed by atoms with E-state index in [-0.39, 0.29) is 17.6 Å². The van der Waals surface area contributed by atoms with E-state index in [1.165, 1.54) is 22.3 Å². The van der Waals surface area contributed by atoms with Crippen molar-refractivity contribution in [3.8, 4) is 11.1 Å². The van der Waals surface area contributed by atoms with Gasteiger partial charge in [-0.15, -0.1) is 0 Å². The van der Waals surface area contributed by atoms with Crippen LogP contribution in [-0.4, -0.2) is 89.6 Å². The molecule has 0 aliphatic heterocycles. The highest BCUT2D eigenvalue weighted by molar-refractivity contribution is 5.81. The van der Waals surface area contributed by atoms with E-state index in [1.54, 1.807) is 13.8 Å². The van der Waals surface area contributed by atoms with Gasteiger partial charge in [0, 0.05) is 72.7 Å². The lowest BCUT2D eigenvalue weighted by Gasteiger charge is -2.13. The van der Waals surface area contributed by atoms with E-state index < -0.39 is 6.04 Å². The van der Waals surface area contributed by atoms with Crippen LogP contribution in [0.5, 0.6) is 0 Å². The maximum atomic E-state index is 12.2. The van der Waals surface area contributed by atoms with Crippen molar-refractivity contribution in [2.75, 3.05) is 65.9 Å². The molecule has 0 unspecified atom stereocenters. The maximum Gasteiger partial charge on any atom is 0.222 e. The third-order valence-electron chi connectivity index (χ3n) is 10.3. The Bertz CT molecular complexity index is 1350. The molecule has 2 aromatic carbocycles. The second-order valence-electron chi connectivity index (χ2n) is 15.5. The van der Waals surface area contributed by atoms with Crippen LogP contribution in [0.15, 0.2) is 42.5 Å². The number of carbonyl (C=O) groups excluding carboxylic acids is 3. The number of hydrogen-bond acceptors (Lipinski definition) is 8. The summed E-state index contributed by atoms with van der Waals surface area (Å²) < 4.78 is 22.9. The van der Waals surface area contributed by atoms with Crippen molar-refractivity contribution in [2.24, 2.45) is 5.73 Å². The van der Waals surface area contributed by atoms with Gasteiger partial charge in [-0.2, -0.15) is 0 Å². The zero-order valence-corrected chi connectivity index (χ0v) is 36.6. The highest BCUT2D eigenvalue weighted by Crippen LogP contribution is 2.27. The van der Waals surface area contributed by atoms with Crippen LogP contribution in [0.25, 0.3) is 11.1 Å². The van der Waals surface area contributed by atoms with E-state index in [1.807, 2.05) is 0 Å². The van der Waals surface area contributed by atoms with Crippen LogP contribution in [0.1, 0.15) is 140 Å². The molecule has 328 valence electrons. The minimum atomic E-state index is -0.445. The Labute approximate surface area is 351 Å². The molecule has 1 atom stereocenters. The third kappa shape index (κ3) is 26.8. The highest BCUT2D eigenvalue weighted by Gasteiger charge is 2.11. The monoisotopic (exact) mass is 810 g/mol. The molecule has 0 saturated heterocycles. The summed E-state index contributed by atoms with van der Waals surface area (Å²) in [5.41, 5.74) is 12.2. The minimum absolute atomic E-state index is 0.0141. The fourth-order valence-corrected chi connectivity index (χ4v) is 6.64. The summed E-state index contributed by atoms with van der Waals surface area (Å²) in [4.78, 5) is 34.5. The van der Waals surface area contributed by atoms with Gasteiger partial charge in [-0.1, -0.05) is 55.8 Å². The summed E-state index contributed by atoms with van der Waals surface area (Å²) in [7, 11) is 0. The summed E-state index contributed by atoms with van der Waals surface area (Å²) in [5, 5.41) is 5.86. The molecule has 58 heavy (non-hydrogen) atoms. The molecular formula is C48H79N3O7. The molecular weight excluding hydrogens is 731 g/mol. The molecule has 2 amide bonds. The Balaban J connectivity index is 1.32. The predicted molar refractivity (Wildman–Crippen MR) is 236 cm³/mol. The molecule has 0 aromatic heterocycles. The quantitative estimate of drug-likeness (QED) is 0.0575. The molecule has 0 spiro atoms. The zero-order valence-electron chi connectivity index (χ0n) is 36.6. The second-order valence-corrected chi connectivity index (χ2v) is 15.5. The predicted octanol–water partition coefficient (Wildman–Crippen LogP) is 8.48. The van der Waals surface area contributed by atoms with Gasteiger partial charge in [0.15, 0.2) is 0 Å². The maximum absolute atomic E-state index is 12.2. The molecule has 0 aliphatic carbocycles. The first-order chi connectivity index (χ1) is 28.3. The normalized spacial score (nSPS) is 11.8. The molecule has 4 N–H and O–H groups in total. The van der Waals surface area contributed by atoms with Gasteiger partial charge in [-0.3, -0.25) is 14.4 Å². The smallest absolute Gasteiger partial charge is 0.222 e. The van der Waals surface area contributed by atoms with Gasteiger partial charge in [-0.25, -0.2) is 0 Å². The minimum Gasteiger partial charge on any atom is -0.381 e. The molecule has 0 aliphatic rings. The number of ketones is 1. The third-order valence-corrected chi connectivity index (χ3v) is 10.3. The number of ether oxygens (including phenoxy) is 4. The molecule has 0 radical (unpaired) electrons. The lowest BCUT2D eigenvalue weighted by Crippen LogP contribution is -2.30. The Kier molecular flexibility index (Phi) is 30.5. The zero-order chi connectivity index (χ0) is 41.9. The number of nitrogens with one attached hydrogen (secondary N) is 2. The van der Waals surface area contributed by atoms with Crippen LogP contribution in [0, 0.1) is 0 Å². The van der Waals surface area contributed by atoms with Crippen LogP contribution in [0.4, 0.5) is 0 Å². The first-order valence-electron chi connectivity index (χ1n) is 22.6. The number of unbranched alkanes of at least 4 members (excludes halogenated alkanes) is 10. The van der Waals surface area contributed by atoms with E-state index in [9.17, 15) is 14.4 Å². The number of Topliss-reactive ketones (excluding diaryl/α,β-unsaturated/α-hetero) is 1. The van der Waals surface area contributed by atoms with Gasteiger partial charge in [0.05, 0.1) is 12.6 Å². The van der Waals surface area contributed by atoms with E-state index in [4.69, 9.17) is 24.7 Å². The largest absolute Gasteiger partial charge is 0.381 e. The van der Waals surface area contributed by atoms with Crippen LogP contribution in [0.3, 0.4) is 0 Å². The van der Waals surface area contributed by atoms with Crippen molar-refractivity contribution >= 4 is 17.6 Å². The number of nitrogens with two attached hydrogens (primary N) is 1. The number of hydrogen-bond donors (Lipinski definition) is 3. The van der Waals surface area contributed by atoms with Gasteiger partial charge in [0.1, 0.15) is 5.78 Å².